The highest BCUT2D eigenvalue weighted by Crippen LogP contribution is 2.21. The second kappa shape index (κ2) is 5.07. The van der Waals surface area contributed by atoms with Crippen molar-refractivity contribution in [2.75, 3.05) is 19.7 Å². The van der Waals surface area contributed by atoms with Crippen LogP contribution in [0.3, 0.4) is 0 Å². The van der Waals surface area contributed by atoms with Gasteiger partial charge in [-0.2, -0.15) is 0 Å². The quantitative estimate of drug-likeness (QED) is 0.828. The normalized spacial score (nSPS) is 23.4. The molecule has 0 radical (unpaired) electrons. The van der Waals surface area contributed by atoms with E-state index in [0.717, 1.165) is 38.4 Å². The summed E-state index contributed by atoms with van der Waals surface area (Å²) >= 11 is 0. The molecule has 2 aliphatic rings. The van der Waals surface area contributed by atoms with Crippen molar-refractivity contribution < 1.29 is 4.74 Å². The molecule has 1 saturated heterocycles. The number of hydrogen-bond acceptors (Lipinski definition) is 3. The maximum atomic E-state index is 5.87. The fourth-order valence-electron chi connectivity index (χ4n) is 2.64. The summed E-state index contributed by atoms with van der Waals surface area (Å²) in [5, 5.41) is 6.85. The van der Waals surface area contributed by atoms with E-state index in [0.29, 0.717) is 6.04 Å². The number of nitrogens with one attached hydrogen (secondary N) is 2. The van der Waals surface area contributed by atoms with Crippen LogP contribution in [0.2, 0.25) is 0 Å². The first-order valence-electron chi connectivity index (χ1n) is 6.60. The van der Waals surface area contributed by atoms with Crippen molar-refractivity contribution in [1.82, 2.24) is 10.6 Å². The maximum absolute atomic E-state index is 5.87. The van der Waals surface area contributed by atoms with E-state index in [4.69, 9.17) is 4.74 Å². The zero-order chi connectivity index (χ0) is 11.5. The highest BCUT2D eigenvalue weighted by atomic mass is 16.5. The summed E-state index contributed by atoms with van der Waals surface area (Å²) in [5.74, 6) is 1.01. The van der Waals surface area contributed by atoms with Gasteiger partial charge in [-0.05, 0) is 55.6 Å². The standard InChI is InChI=1S/C14H20N2O/c1-2-13(16-6-1)10-17-14-4-3-11-5-7-15-9-12(11)8-14/h3-4,8,13,15-16H,1-2,5-7,9-10H2. The van der Waals surface area contributed by atoms with E-state index in [9.17, 15) is 0 Å². The van der Waals surface area contributed by atoms with Crippen LogP contribution in [0.4, 0.5) is 0 Å². The van der Waals surface area contributed by atoms with E-state index in [1.807, 2.05) is 0 Å². The fraction of sp³-hybridized carbons (Fsp3) is 0.571. The van der Waals surface area contributed by atoms with E-state index in [1.165, 1.54) is 24.0 Å². The molecule has 0 bridgehead atoms. The van der Waals surface area contributed by atoms with E-state index < -0.39 is 0 Å². The molecule has 3 nitrogen and oxygen atoms in total. The Morgan fingerprint density at radius 3 is 3.12 bits per heavy atom. The molecule has 1 aromatic rings. The van der Waals surface area contributed by atoms with Crippen molar-refractivity contribution in [2.45, 2.75) is 31.8 Å². The lowest BCUT2D eigenvalue weighted by molar-refractivity contribution is 0.277. The van der Waals surface area contributed by atoms with E-state index in [2.05, 4.69) is 28.8 Å². The molecule has 0 amide bonds. The third-order valence-electron chi connectivity index (χ3n) is 3.68. The zero-order valence-electron chi connectivity index (χ0n) is 10.2. The van der Waals surface area contributed by atoms with Gasteiger partial charge < -0.3 is 15.4 Å². The van der Waals surface area contributed by atoms with Gasteiger partial charge in [-0.25, -0.2) is 0 Å². The average molecular weight is 232 g/mol. The fourth-order valence-corrected chi connectivity index (χ4v) is 2.64. The molecule has 3 heteroatoms. The smallest absolute Gasteiger partial charge is 0.119 e. The summed E-state index contributed by atoms with van der Waals surface area (Å²) in [5.41, 5.74) is 2.86. The van der Waals surface area contributed by atoms with Gasteiger partial charge in [0.15, 0.2) is 0 Å². The molecule has 0 saturated carbocycles. The molecule has 92 valence electrons. The lowest BCUT2D eigenvalue weighted by atomic mass is 10.0. The molecule has 2 heterocycles. The molecule has 1 fully saturated rings. The van der Waals surface area contributed by atoms with Crippen molar-refractivity contribution in [3.63, 3.8) is 0 Å². The van der Waals surface area contributed by atoms with Crippen LogP contribution in [0.5, 0.6) is 5.75 Å². The van der Waals surface area contributed by atoms with Crippen molar-refractivity contribution in [1.29, 1.82) is 0 Å². The van der Waals surface area contributed by atoms with E-state index in [-0.39, 0.29) is 0 Å². The van der Waals surface area contributed by atoms with Crippen LogP contribution in [0.25, 0.3) is 0 Å². The summed E-state index contributed by atoms with van der Waals surface area (Å²) < 4.78 is 5.87. The Bertz CT molecular complexity index is 386. The first kappa shape index (κ1) is 11.1. The van der Waals surface area contributed by atoms with E-state index >= 15 is 0 Å². The molecule has 3 rings (SSSR count). The molecule has 1 unspecified atom stereocenters. The van der Waals surface area contributed by atoms with E-state index in [1.54, 1.807) is 0 Å². The van der Waals surface area contributed by atoms with Gasteiger partial charge in [-0.1, -0.05) is 6.07 Å². The molecular weight excluding hydrogens is 212 g/mol. The first-order chi connectivity index (χ1) is 8.42. The van der Waals surface area contributed by atoms with Crippen LogP contribution < -0.4 is 15.4 Å². The number of benzene rings is 1. The second-order valence-electron chi connectivity index (χ2n) is 4.96. The van der Waals surface area contributed by atoms with Gasteiger partial charge in [-0.15, -0.1) is 0 Å². The van der Waals surface area contributed by atoms with Crippen molar-refractivity contribution in [2.24, 2.45) is 0 Å². The Morgan fingerprint density at radius 2 is 2.24 bits per heavy atom. The summed E-state index contributed by atoms with van der Waals surface area (Å²) in [4.78, 5) is 0. The zero-order valence-corrected chi connectivity index (χ0v) is 10.2. The van der Waals surface area contributed by atoms with Crippen molar-refractivity contribution in [3.8, 4) is 5.75 Å². The minimum Gasteiger partial charge on any atom is -0.492 e. The van der Waals surface area contributed by atoms with Gasteiger partial charge in [-0.3, -0.25) is 0 Å². The molecule has 17 heavy (non-hydrogen) atoms. The van der Waals surface area contributed by atoms with Crippen molar-refractivity contribution in [3.05, 3.63) is 29.3 Å². The average Bonchev–Trinajstić information content (AvgIpc) is 2.89. The van der Waals surface area contributed by atoms with Crippen LogP contribution >= 0.6 is 0 Å². The van der Waals surface area contributed by atoms with Gasteiger partial charge >= 0.3 is 0 Å². The Morgan fingerprint density at radius 1 is 1.24 bits per heavy atom. The van der Waals surface area contributed by atoms with Gasteiger partial charge in [0.1, 0.15) is 12.4 Å². The van der Waals surface area contributed by atoms with Crippen molar-refractivity contribution >= 4 is 0 Å². The topological polar surface area (TPSA) is 33.3 Å². The summed E-state index contributed by atoms with van der Waals surface area (Å²) in [6.07, 6.45) is 3.66. The van der Waals surface area contributed by atoms with Crippen LogP contribution in [0.15, 0.2) is 18.2 Å². The first-order valence-corrected chi connectivity index (χ1v) is 6.60. The summed E-state index contributed by atoms with van der Waals surface area (Å²) in [7, 11) is 0. The molecule has 2 aliphatic heterocycles. The monoisotopic (exact) mass is 232 g/mol. The largest absolute Gasteiger partial charge is 0.492 e. The van der Waals surface area contributed by atoms with Gasteiger partial charge in [0, 0.05) is 12.6 Å². The number of hydrogen-bond donors (Lipinski definition) is 2. The summed E-state index contributed by atoms with van der Waals surface area (Å²) in [6.45, 7) is 4.02. The lowest BCUT2D eigenvalue weighted by Gasteiger charge is -2.19. The Kier molecular flexibility index (Phi) is 3.29. The van der Waals surface area contributed by atoms with Crippen LogP contribution in [0, 0.1) is 0 Å². The third-order valence-corrected chi connectivity index (χ3v) is 3.68. The Labute approximate surface area is 103 Å². The van der Waals surface area contributed by atoms with Crippen LogP contribution in [-0.2, 0) is 13.0 Å². The Hall–Kier alpha value is -1.06. The highest BCUT2D eigenvalue weighted by Gasteiger charge is 2.15. The SMILES string of the molecule is c1cc2c(cc1OCC1CCCN1)CNCC2. The molecule has 1 atom stereocenters. The number of ether oxygens (including phenoxy) is 1. The maximum Gasteiger partial charge on any atom is 0.119 e. The van der Waals surface area contributed by atoms with Crippen LogP contribution in [-0.4, -0.2) is 25.7 Å². The second-order valence-corrected chi connectivity index (χ2v) is 4.96. The number of fused-ring (bicyclic) bond motifs is 1. The lowest BCUT2D eigenvalue weighted by Crippen LogP contribution is -2.28. The molecule has 0 aliphatic carbocycles. The summed E-state index contributed by atoms with van der Waals surface area (Å²) in [6, 6.07) is 7.06. The molecule has 2 N–H and O–H groups in total. The van der Waals surface area contributed by atoms with Gasteiger partial charge in [0.25, 0.3) is 0 Å². The predicted molar refractivity (Wildman–Crippen MR) is 68.4 cm³/mol. The molecule has 0 spiro atoms. The third kappa shape index (κ3) is 2.61. The molecule has 0 aromatic heterocycles. The minimum absolute atomic E-state index is 0.546. The molecule has 1 aromatic carbocycles. The van der Waals surface area contributed by atoms with Gasteiger partial charge in [0.05, 0.1) is 0 Å². The number of rotatable bonds is 3. The predicted octanol–water partition coefficient (Wildman–Crippen LogP) is 1.46. The highest BCUT2D eigenvalue weighted by molar-refractivity contribution is 5.37. The Balaban J connectivity index is 1.62. The molecular formula is C14H20N2O. The van der Waals surface area contributed by atoms with Crippen LogP contribution in [0.1, 0.15) is 24.0 Å². The van der Waals surface area contributed by atoms with Gasteiger partial charge in [0.2, 0.25) is 0 Å². The minimum atomic E-state index is 0.546.